The highest BCUT2D eigenvalue weighted by Crippen LogP contribution is 2.12. The first-order valence-electron chi connectivity index (χ1n) is 3.40. The van der Waals surface area contributed by atoms with Crippen LogP contribution in [0.2, 0.25) is 0 Å². The molecule has 0 heterocycles. The largest absolute Gasteiger partial charge is 0.351 e. The fourth-order valence-corrected chi connectivity index (χ4v) is 0.812. The Hall–Kier alpha value is -1.58. The fraction of sp³-hybridized carbons (Fsp3) is 0.125. The van der Waals surface area contributed by atoms with Gasteiger partial charge in [-0.2, -0.15) is 0 Å². The van der Waals surface area contributed by atoms with Gasteiger partial charge in [-0.25, -0.2) is 9.18 Å². The van der Waals surface area contributed by atoms with Gasteiger partial charge in [0, 0.05) is 12.7 Å². The van der Waals surface area contributed by atoms with Gasteiger partial charge in [0.25, 0.3) is 0 Å². The van der Waals surface area contributed by atoms with Crippen molar-refractivity contribution in [3.63, 3.8) is 0 Å². The summed E-state index contributed by atoms with van der Waals surface area (Å²) in [4.78, 5) is 11.8. The van der Waals surface area contributed by atoms with Crippen LogP contribution in [0.4, 0.5) is 14.9 Å². The van der Waals surface area contributed by atoms with Crippen LogP contribution >= 0.6 is 0 Å². The number of rotatable bonds is 1. The average Bonchev–Trinajstić information content (AvgIpc) is 2.03. The van der Waals surface area contributed by atoms with Crippen LogP contribution in [-0.2, 0) is 0 Å². The van der Waals surface area contributed by atoms with Gasteiger partial charge in [-0.3, -0.25) is 4.90 Å². The number of benzene rings is 1. The molecule has 1 aromatic rings. The summed E-state index contributed by atoms with van der Waals surface area (Å²) in [5, 5.41) is 0. The summed E-state index contributed by atoms with van der Waals surface area (Å²) in [7, 11) is 1.48. The van der Waals surface area contributed by atoms with Crippen molar-refractivity contribution in [1.29, 1.82) is 0 Å². The molecule has 2 N–H and O–H groups in total. The van der Waals surface area contributed by atoms with Crippen molar-refractivity contribution in [2.75, 3.05) is 11.9 Å². The van der Waals surface area contributed by atoms with E-state index in [1.807, 2.05) is 0 Å². The van der Waals surface area contributed by atoms with E-state index in [2.05, 4.69) is 0 Å². The van der Waals surface area contributed by atoms with Gasteiger partial charge in [0.1, 0.15) is 5.82 Å². The van der Waals surface area contributed by atoms with Crippen LogP contribution in [0.25, 0.3) is 0 Å². The van der Waals surface area contributed by atoms with Crippen molar-refractivity contribution in [1.82, 2.24) is 0 Å². The lowest BCUT2D eigenvalue weighted by Gasteiger charge is -2.13. The molecule has 1 rings (SSSR count). The van der Waals surface area contributed by atoms with Crippen LogP contribution in [0, 0.1) is 5.82 Å². The van der Waals surface area contributed by atoms with Gasteiger partial charge in [0.05, 0.1) is 0 Å². The molecule has 0 aliphatic rings. The van der Waals surface area contributed by atoms with Crippen molar-refractivity contribution < 1.29 is 9.18 Å². The maximum absolute atomic E-state index is 12.6. The topological polar surface area (TPSA) is 46.3 Å². The first kappa shape index (κ1) is 8.52. The Labute approximate surface area is 69.6 Å². The minimum absolute atomic E-state index is 0.388. The third kappa shape index (κ3) is 1.72. The molecule has 0 saturated carbocycles. The molecular weight excluding hydrogens is 159 g/mol. The third-order valence-electron chi connectivity index (χ3n) is 1.53. The van der Waals surface area contributed by atoms with E-state index >= 15 is 0 Å². The number of hydrogen-bond donors (Lipinski definition) is 1. The Bertz CT molecular complexity index is 301. The van der Waals surface area contributed by atoms with Gasteiger partial charge < -0.3 is 5.73 Å². The second-order valence-electron chi connectivity index (χ2n) is 2.38. The van der Waals surface area contributed by atoms with Gasteiger partial charge in [-0.1, -0.05) is 6.07 Å². The lowest BCUT2D eigenvalue weighted by atomic mass is 10.3. The lowest BCUT2D eigenvalue weighted by Crippen LogP contribution is -2.31. The maximum atomic E-state index is 12.6. The number of nitrogens with zero attached hydrogens (tertiary/aromatic N) is 1. The van der Waals surface area contributed by atoms with E-state index in [-0.39, 0.29) is 5.82 Å². The number of primary amides is 1. The van der Waals surface area contributed by atoms with Gasteiger partial charge in [0.15, 0.2) is 0 Å². The minimum atomic E-state index is -0.611. The Balaban J connectivity index is 2.95. The van der Waals surface area contributed by atoms with Crippen molar-refractivity contribution in [2.24, 2.45) is 5.73 Å². The molecule has 0 saturated heterocycles. The smallest absolute Gasteiger partial charge is 0.318 e. The predicted octanol–water partition coefficient (Wildman–Crippen LogP) is 1.34. The highest BCUT2D eigenvalue weighted by Gasteiger charge is 2.05. The number of carbonyl (C=O) groups is 1. The summed E-state index contributed by atoms with van der Waals surface area (Å²) in [5.41, 5.74) is 5.43. The number of hydrogen-bond acceptors (Lipinski definition) is 1. The van der Waals surface area contributed by atoms with Crippen LogP contribution in [-0.4, -0.2) is 13.1 Å². The second kappa shape index (κ2) is 3.21. The highest BCUT2D eigenvalue weighted by atomic mass is 19.1. The molecule has 4 heteroatoms. The van der Waals surface area contributed by atoms with E-state index in [9.17, 15) is 9.18 Å². The minimum Gasteiger partial charge on any atom is -0.351 e. The molecule has 0 aliphatic carbocycles. The molecule has 0 radical (unpaired) electrons. The van der Waals surface area contributed by atoms with Gasteiger partial charge in [-0.15, -0.1) is 0 Å². The maximum Gasteiger partial charge on any atom is 0.318 e. The van der Waals surface area contributed by atoms with Crippen LogP contribution < -0.4 is 10.6 Å². The van der Waals surface area contributed by atoms with Crippen LogP contribution in [0.5, 0.6) is 0 Å². The van der Waals surface area contributed by atoms with Gasteiger partial charge >= 0.3 is 6.03 Å². The zero-order valence-electron chi connectivity index (χ0n) is 6.62. The Kier molecular flexibility index (Phi) is 2.28. The number of halogens is 1. The van der Waals surface area contributed by atoms with Crippen molar-refractivity contribution in [3.05, 3.63) is 30.1 Å². The standard InChI is InChI=1S/C8H9FN2O/c1-11(8(10)12)7-4-2-3-6(9)5-7/h2-5H,1H3,(H2,10,12). The molecule has 0 aromatic heterocycles. The number of nitrogens with two attached hydrogens (primary N) is 1. The summed E-state index contributed by atoms with van der Waals surface area (Å²) in [6, 6.07) is 5.06. The summed E-state index contributed by atoms with van der Waals surface area (Å²) in [6.07, 6.45) is 0. The predicted molar refractivity (Wildman–Crippen MR) is 44.4 cm³/mol. The Morgan fingerprint density at radius 1 is 1.58 bits per heavy atom. The normalized spacial score (nSPS) is 9.50. The Morgan fingerprint density at radius 3 is 2.75 bits per heavy atom. The number of urea groups is 1. The summed E-state index contributed by atoms with van der Waals surface area (Å²) < 4.78 is 12.6. The molecular formula is C8H9FN2O. The Morgan fingerprint density at radius 2 is 2.25 bits per heavy atom. The third-order valence-corrected chi connectivity index (χ3v) is 1.53. The molecule has 12 heavy (non-hydrogen) atoms. The molecule has 3 nitrogen and oxygen atoms in total. The first-order chi connectivity index (χ1) is 5.61. The summed E-state index contributed by atoms with van der Waals surface area (Å²) in [5.74, 6) is -0.388. The lowest BCUT2D eigenvalue weighted by molar-refractivity contribution is 0.255. The molecule has 0 bridgehead atoms. The van der Waals surface area contributed by atoms with Crippen LogP contribution in [0.15, 0.2) is 24.3 Å². The molecule has 0 fully saturated rings. The molecule has 0 unspecified atom stereocenters. The van der Waals surface area contributed by atoms with Crippen molar-refractivity contribution in [2.45, 2.75) is 0 Å². The van der Waals surface area contributed by atoms with E-state index in [0.717, 1.165) is 0 Å². The van der Waals surface area contributed by atoms with Crippen molar-refractivity contribution in [3.8, 4) is 0 Å². The van der Waals surface area contributed by atoms with Gasteiger partial charge in [-0.05, 0) is 18.2 Å². The molecule has 2 amide bonds. The van der Waals surface area contributed by atoms with E-state index in [0.29, 0.717) is 5.69 Å². The van der Waals surface area contributed by atoms with Crippen molar-refractivity contribution >= 4 is 11.7 Å². The monoisotopic (exact) mass is 168 g/mol. The molecule has 0 spiro atoms. The van der Waals surface area contributed by atoms with E-state index in [4.69, 9.17) is 5.73 Å². The summed E-state index contributed by atoms with van der Waals surface area (Å²) in [6.45, 7) is 0. The van der Waals surface area contributed by atoms with Crippen LogP contribution in [0.3, 0.4) is 0 Å². The zero-order chi connectivity index (χ0) is 9.14. The zero-order valence-corrected chi connectivity index (χ0v) is 6.62. The molecule has 1 aromatic carbocycles. The average molecular weight is 168 g/mol. The van der Waals surface area contributed by atoms with E-state index in [1.165, 1.54) is 30.1 Å². The van der Waals surface area contributed by atoms with Gasteiger partial charge in [0.2, 0.25) is 0 Å². The molecule has 64 valence electrons. The quantitative estimate of drug-likeness (QED) is 0.675. The van der Waals surface area contributed by atoms with Crippen LogP contribution in [0.1, 0.15) is 0 Å². The number of carbonyl (C=O) groups excluding carboxylic acids is 1. The molecule has 0 atom stereocenters. The van der Waals surface area contributed by atoms with E-state index < -0.39 is 6.03 Å². The summed E-state index contributed by atoms with van der Waals surface area (Å²) >= 11 is 0. The highest BCUT2D eigenvalue weighted by molar-refractivity contribution is 5.89. The number of anilines is 1. The second-order valence-corrected chi connectivity index (χ2v) is 2.38. The first-order valence-corrected chi connectivity index (χ1v) is 3.40. The SMILES string of the molecule is CN(C(N)=O)c1cccc(F)c1. The molecule has 0 aliphatic heterocycles. The number of amides is 2. The van der Waals surface area contributed by atoms with E-state index in [1.54, 1.807) is 6.07 Å². The fourth-order valence-electron chi connectivity index (χ4n) is 0.812.